The fraction of sp³-hybridized carbons (Fsp3) is 0.200. The van der Waals surface area contributed by atoms with Crippen molar-refractivity contribution in [2.75, 3.05) is 6.61 Å². The van der Waals surface area contributed by atoms with E-state index in [1.165, 1.54) is 0 Å². The van der Waals surface area contributed by atoms with Crippen LogP contribution in [0.3, 0.4) is 0 Å². The summed E-state index contributed by atoms with van der Waals surface area (Å²) < 4.78 is 7.42. The zero-order valence-corrected chi connectivity index (χ0v) is 13.8. The van der Waals surface area contributed by atoms with Crippen molar-refractivity contribution in [2.45, 2.75) is 19.0 Å². The molecule has 0 radical (unpaired) electrons. The highest BCUT2D eigenvalue weighted by Crippen LogP contribution is 2.31. The van der Waals surface area contributed by atoms with Gasteiger partial charge in [0.1, 0.15) is 5.75 Å². The van der Waals surface area contributed by atoms with Crippen molar-refractivity contribution in [1.82, 2.24) is 15.1 Å². The van der Waals surface area contributed by atoms with Gasteiger partial charge in [-0.25, -0.2) is 0 Å². The zero-order chi connectivity index (χ0) is 17.1. The third kappa shape index (κ3) is 3.40. The van der Waals surface area contributed by atoms with Crippen molar-refractivity contribution in [2.24, 2.45) is 0 Å². The highest BCUT2D eigenvalue weighted by Gasteiger charge is 2.23. The van der Waals surface area contributed by atoms with E-state index >= 15 is 0 Å². The minimum atomic E-state index is -0.110. The molecule has 4 rings (SSSR count). The van der Waals surface area contributed by atoms with Gasteiger partial charge in [0.25, 0.3) is 5.91 Å². The second kappa shape index (κ2) is 6.81. The number of hydrogen-bond acceptors (Lipinski definition) is 3. The van der Waals surface area contributed by atoms with Crippen LogP contribution in [0.15, 0.2) is 67.0 Å². The van der Waals surface area contributed by atoms with Crippen LogP contribution >= 0.6 is 0 Å². The molecule has 5 nitrogen and oxygen atoms in total. The molecule has 3 aromatic rings. The Morgan fingerprint density at radius 2 is 1.96 bits per heavy atom. The summed E-state index contributed by atoms with van der Waals surface area (Å²) in [6.45, 7) is 1.25. The summed E-state index contributed by atoms with van der Waals surface area (Å²) in [7, 11) is 0. The van der Waals surface area contributed by atoms with E-state index in [9.17, 15) is 4.79 Å². The van der Waals surface area contributed by atoms with Gasteiger partial charge in [0.15, 0.2) is 0 Å². The van der Waals surface area contributed by atoms with Gasteiger partial charge in [0.05, 0.1) is 31.0 Å². The molecule has 0 saturated carbocycles. The number of rotatable bonds is 4. The van der Waals surface area contributed by atoms with Crippen LogP contribution in [0.4, 0.5) is 0 Å². The summed E-state index contributed by atoms with van der Waals surface area (Å²) in [5.41, 5.74) is 2.74. The standard InChI is InChI=1S/C20H19N3O2/c24-20(22-18-10-11-25-19-9-5-4-8-17(18)19)16-12-21-23(14-16)13-15-6-2-1-3-7-15/h1-9,12,14,18H,10-11,13H2,(H,22,24)/t18-/m1/s1. The summed E-state index contributed by atoms with van der Waals surface area (Å²) in [4.78, 5) is 12.6. The summed E-state index contributed by atoms with van der Waals surface area (Å²) in [6.07, 6.45) is 4.16. The van der Waals surface area contributed by atoms with Crippen LogP contribution in [0, 0.1) is 0 Å². The first-order valence-corrected chi connectivity index (χ1v) is 8.38. The second-order valence-electron chi connectivity index (χ2n) is 6.11. The van der Waals surface area contributed by atoms with Crippen molar-refractivity contribution in [1.29, 1.82) is 0 Å². The predicted molar refractivity (Wildman–Crippen MR) is 94.5 cm³/mol. The number of aromatic nitrogens is 2. The van der Waals surface area contributed by atoms with Crippen LogP contribution in [0.2, 0.25) is 0 Å². The minimum Gasteiger partial charge on any atom is -0.493 e. The van der Waals surface area contributed by atoms with Crippen LogP contribution in [-0.2, 0) is 6.54 Å². The number of ether oxygens (including phenoxy) is 1. The summed E-state index contributed by atoms with van der Waals surface area (Å²) >= 11 is 0. The number of hydrogen-bond donors (Lipinski definition) is 1. The number of para-hydroxylation sites is 1. The van der Waals surface area contributed by atoms with Crippen molar-refractivity contribution in [3.63, 3.8) is 0 Å². The van der Waals surface area contributed by atoms with Gasteiger partial charge in [0, 0.05) is 18.2 Å². The molecule has 0 aliphatic carbocycles. The average Bonchev–Trinajstić information content (AvgIpc) is 3.11. The SMILES string of the molecule is O=C(N[C@@H]1CCOc2ccccc21)c1cnn(Cc2ccccc2)c1. The molecule has 1 aliphatic rings. The third-order valence-corrected chi connectivity index (χ3v) is 4.35. The smallest absolute Gasteiger partial charge is 0.254 e. The normalized spacial score (nSPS) is 15.9. The van der Waals surface area contributed by atoms with Crippen molar-refractivity contribution < 1.29 is 9.53 Å². The fourth-order valence-corrected chi connectivity index (χ4v) is 3.07. The second-order valence-corrected chi connectivity index (χ2v) is 6.11. The Kier molecular flexibility index (Phi) is 4.21. The van der Waals surface area contributed by atoms with Crippen LogP contribution in [-0.4, -0.2) is 22.3 Å². The lowest BCUT2D eigenvalue weighted by molar-refractivity contribution is 0.0924. The summed E-state index contributed by atoms with van der Waals surface area (Å²) in [6, 6.07) is 17.9. The van der Waals surface area contributed by atoms with E-state index in [-0.39, 0.29) is 11.9 Å². The molecule has 0 saturated heterocycles. The number of amides is 1. The van der Waals surface area contributed by atoms with Crippen molar-refractivity contribution >= 4 is 5.91 Å². The molecule has 2 aromatic carbocycles. The van der Waals surface area contributed by atoms with Crippen molar-refractivity contribution in [3.8, 4) is 5.75 Å². The number of nitrogens with one attached hydrogen (secondary N) is 1. The van der Waals surface area contributed by atoms with E-state index in [0.717, 1.165) is 23.3 Å². The first kappa shape index (κ1) is 15.4. The van der Waals surface area contributed by atoms with E-state index in [4.69, 9.17) is 4.74 Å². The van der Waals surface area contributed by atoms with Gasteiger partial charge in [-0.1, -0.05) is 48.5 Å². The molecule has 0 spiro atoms. The lowest BCUT2D eigenvalue weighted by Gasteiger charge is -2.26. The molecule has 2 heterocycles. The van der Waals surface area contributed by atoms with Gasteiger partial charge >= 0.3 is 0 Å². The minimum absolute atomic E-state index is 0.0325. The maximum Gasteiger partial charge on any atom is 0.254 e. The molecule has 1 aromatic heterocycles. The maximum atomic E-state index is 12.6. The topological polar surface area (TPSA) is 56.1 Å². The number of benzene rings is 2. The molecule has 126 valence electrons. The zero-order valence-electron chi connectivity index (χ0n) is 13.8. The maximum absolute atomic E-state index is 12.6. The van der Waals surface area contributed by atoms with Crippen LogP contribution in [0.1, 0.15) is 33.9 Å². The quantitative estimate of drug-likeness (QED) is 0.798. The third-order valence-electron chi connectivity index (χ3n) is 4.35. The number of carbonyl (C=O) groups excluding carboxylic acids is 1. The Morgan fingerprint density at radius 3 is 2.84 bits per heavy atom. The van der Waals surface area contributed by atoms with Gasteiger partial charge in [0.2, 0.25) is 0 Å². The van der Waals surface area contributed by atoms with E-state index in [2.05, 4.69) is 10.4 Å². The molecule has 1 aliphatic heterocycles. The lowest BCUT2D eigenvalue weighted by atomic mass is 10.0. The number of fused-ring (bicyclic) bond motifs is 1. The summed E-state index contributed by atoms with van der Waals surface area (Å²) in [5.74, 6) is 0.736. The molecule has 0 bridgehead atoms. The van der Waals surface area contributed by atoms with Gasteiger partial charge < -0.3 is 10.1 Å². The highest BCUT2D eigenvalue weighted by molar-refractivity contribution is 5.94. The highest BCUT2D eigenvalue weighted by atomic mass is 16.5. The molecule has 25 heavy (non-hydrogen) atoms. The van der Waals surface area contributed by atoms with Crippen LogP contribution < -0.4 is 10.1 Å². The summed E-state index contributed by atoms with van der Waals surface area (Å²) in [5, 5.41) is 7.40. The Bertz CT molecular complexity index is 873. The van der Waals surface area contributed by atoms with Gasteiger partial charge in [-0.3, -0.25) is 9.48 Å². The first-order chi connectivity index (χ1) is 12.3. The van der Waals surface area contributed by atoms with Crippen LogP contribution in [0.5, 0.6) is 5.75 Å². The molecule has 0 fully saturated rings. The average molecular weight is 333 g/mol. The van der Waals surface area contributed by atoms with Gasteiger partial charge in [-0.15, -0.1) is 0 Å². The number of carbonyl (C=O) groups is 1. The van der Waals surface area contributed by atoms with E-state index in [1.807, 2.05) is 54.6 Å². The largest absolute Gasteiger partial charge is 0.493 e. The van der Waals surface area contributed by atoms with E-state index < -0.39 is 0 Å². The monoisotopic (exact) mass is 333 g/mol. The molecule has 1 N–H and O–H groups in total. The van der Waals surface area contributed by atoms with E-state index in [1.54, 1.807) is 17.1 Å². The first-order valence-electron chi connectivity index (χ1n) is 8.38. The Balaban J connectivity index is 1.46. The van der Waals surface area contributed by atoms with Gasteiger partial charge in [-0.05, 0) is 11.6 Å². The molecular formula is C20H19N3O2. The molecule has 0 unspecified atom stereocenters. The Hall–Kier alpha value is -3.08. The van der Waals surface area contributed by atoms with Gasteiger partial charge in [-0.2, -0.15) is 5.10 Å². The molecule has 5 heteroatoms. The molecule has 1 atom stereocenters. The predicted octanol–water partition coefficient (Wildman–Crippen LogP) is 3.19. The van der Waals surface area contributed by atoms with E-state index in [0.29, 0.717) is 18.7 Å². The fourth-order valence-electron chi connectivity index (χ4n) is 3.07. The number of nitrogens with zero attached hydrogens (tertiary/aromatic N) is 2. The lowest BCUT2D eigenvalue weighted by Crippen LogP contribution is -2.32. The Labute approximate surface area is 146 Å². The molecule has 1 amide bonds. The Morgan fingerprint density at radius 1 is 1.16 bits per heavy atom. The van der Waals surface area contributed by atoms with Crippen molar-refractivity contribution in [3.05, 3.63) is 83.7 Å². The molecular weight excluding hydrogens is 314 g/mol. The van der Waals surface area contributed by atoms with Crippen LogP contribution in [0.25, 0.3) is 0 Å².